The molecule has 1 saturated heterocycles. The maximum atomic E-state index is 12.2. The molecule has 0 bridgehead atoms. The molecule has 6 heteroatoms. The Labute approximate surface area is 125 Å². The molecule has 0 aromatic carbocycles. The van der Waals surface area contributed by atoms with Crippen molar-refractivity contribution < 1.29 is 23.9 Å². The Bertz CT molecular complexity index is 399. The number of hydrogen-bond acceptors (Lipinski definition) is 5. The number of ketones is 1. The van der Waals surface area contributed by atoms with Crippen LogP contribution in [0.25, 0.3) is 0 Å². The average Bonchev–Trinajstić information content (AvgIpc) is 2.36. The number of hydrogen-bond donors (Lipinski definition) is 0. The van der Waals surface area contributed by atoms with E-state index in [4.69, 9.17) is 9.47 Å². The first kappa shape index (κ1) is 17.5. The molecule has 1 atom stereocenters. The zero-order valence-corrected chi connectivity index (χ0v) is 13.3. The molecule has 0 radical (unpaired) electrons. The van der Waals surface area contributed by atoms with E-state index in [-0.39, 0.29) is 18.8 Å². The number of Topliss-reactive ketones (excluding diaryl/α,β-unsaturated/α-hetero) is 1. The third-order valence-corrected chi connectivity index (χ3v) is 3.13. The summed E-state index contributed by atoms with van der Waals surface area (Å²) >= 11 is 0. The number of esters is 1. The minimum atomic E-state index is -0.608. The van der Waals surface area contributed by atoms with E-state index in [1.165, 1.54) is 4.90 Å². The van der Waals surface area contributed by atoms with Crippen LogP contribution < -0.4 is 0 Å². The molecule has 1 aliphatic heterocycles. The van der Waals surface area contributed by atoms with E-state index in [2.05, 4.69) is 0 Å². The summed E-state index contributed by atoms with van der Waals surface area (Å²) in [6, 6.07) is -0.585. The molecule has 21 heavy (non-hydrogen) atoms. The lowest BCUT2D eigenvalue weighted by Gasteiger charge is -2.35. The van der Waals surface area contributed by atoms with Crippen LogP contribution in [-0.4, -0.2) is 47.5 Å². The molecule has 1 fully saturated rings. The molecule has 0 saturated carbocycles. The van der Waals surface area contributed by atoms with Crippen LogP contribution in [0, 0.1) is 0 Å². The van der Waals surface area contributed by atoms with E-state index in [0.717, 1.165) is 12.8 Å². The van der Waals surface area contributed by atoms with Gasteiger partial charge in [-0.25, -0.2) is 4.79 Å². The van der Waals surface area contributed by atoms with Crippen molar-refractivity contribution in [2.24, 2.45) is 0 Å². The van der Waals surface area contributed by atoms with Gasteiger partial charge in [-0.1, -0.05) is 0 Å². The summed E-state index contributed by atoms with van der Waals surface area (Å²) in [5.41, 5.74) is -0.608. The number of ether oxygens (including phenoxy) is 2. The van der Waals surface area contributed by atoms with E-state index >= 15 is 0 Å². The predicted octanol–water partition coefficient (Wildman–Crippen LogP) is 2.30. The van der Waals surface area contributed by atoms with Gasteiger partial charge in [-0.3, -0.25) is 14.5 Å². The van der Waals surface area contributed by atoms with Crippen molar-refractivity contribution in [1.29, 1.82) is 0 Å². The second-order valence-corrected chi connectivity index (χ2v) is 6.13. The first-order chi connectivity index (χ1) is 9.74. The molecule has 1 heterocycles. The first-order valence-electron chi connectivity index (χ1n) is 7.42. The summed E-state index contributed by atoms with van der Waals surface area (Å²) in [5.74, 6) is -0.823. The largest absolute Gasteiger partial charge is 0.466 e. The minimum Gasteiger partial charge on any atom is -0.466 e. The SMILES string of the molecule is CCOC(=O)CC(=O)C1CCCCN1C(=O)OC(C)(C)C. The smallest absolute Gasteiger partial charge is 0.410 e. The van der Waals surface area contributed by atoms with Gasteiger partial charge in [0, 0.05) is 6.54 Å². The predicted molar refractivity (Wildman–Crippen MR) is 76.8 cm³/mol. The van der Waals surface area contributed by atoms with E-state index in [0.29, 0.717) is 13.0 Å². The number of piperidine rings is 1. The fourth-order valence-corrected chi connectivity index (χ4v) is 2.28. The van der Waals surface area contributed by atoms with Gasteiger partial charge < -0.3 is 9.47 Å². The van der Waals surface area contributed by atoms with E-state index < -0.39 is 23.7 Å². The summed E-state index contributed by atoms with van der Waals surface area (Å²) in [4.78, 5) is 37.3. The maximum Gasteiger partial charge on any atom is 0.410 e. The second-order valence-electron chi connectivity index (χ2n) is 6.13. The highest BCUT2D eigenvalue weighted by Gasteiger charge is 2.35. The van der Waals surface area contributed by atoms with Gasteiger partial charge in [0.2, 0.25) is 0 Å². The lowest BCUT2D eigenvalue weighted by atomic mass is 9.97. The molecular weight excluding hydrogens is 274 g/mol. The fourth-order valence-electron chi connectivity index (χ4n) is 2.28. The summed E-state index contributed by atoms with van der Waals surface area (Å²) in [6.07, 6.45) is 1.47. The summed E-state index contributed by atoms with van der Waals surface area (Å²) in [7, 11) is 0. The van der Waals surface area contributed by atoms with Crippen molar-refractivity contribution in [2.75, 3.05) is 13.2 Å². The van der Waals surface area contributed by atoms with Crippen LogP contribution in [0.3, 0.4) is 0 Å². The quantitative estimate of drug-likeness (QED) is 0.588. The first-order valence-corrected chi connectivity index (χ1v) is 7.42. The Morgan fingerprint density at radius 1 is 1.19 bits per heavy atom. The number of carbonyl (C=O) groups excluding carboxylic acids is 3. The average molecular weight is 299 g/mol. The van der Waals surface area contributed by atoms with Gasteiger partial charge in [-0.05, 0) is 47.0 Å². The van der Waals surface area contributed by atoms with Crippen LogP contribution >= 0.6 is 0 Å². The second kappa shape index (κ2) is 7.43. The van der Waals surface area contributed by atoms with Crippen molar-refractivity contribution in [1.82, 2.24) is 4.90 Å². The summed E-state index contributed by atoms with van der Waals surface area (Å²) in [5, 5.41) is 0. The number of rotatable bonds is 4. The van der Waals surface area contributed by atoms with Crippen molar-refractivity contribution >= 4 is 17.8 Å². The molecule has 0 N–H and O–H groups in total. The Balaban J connectivity index is 2.70. The number of carbonyl (C=O) groups is 3. The summed E-state index contributed by atoms with van der Waals surface area (Å²) in [6.45, 7) is 7.76. The number of nitrogens with zero attached hydrogens (tertiary/aromatic N) is 1. The molecule has 1 aliphatic rings. The highest BCUT2D eigenvalue weighted by atomic mass is 16.6. The monoisotopic (exact) mass is 299 g/mol. The Morgan fingerprint density at radius 3 is 2.43 bits per heavy atom. The Morgan fingerprint density at radius 2 is 1.86 bits per heavy atom. The highest BCUT2D eigenvalue weighted by Crippen LogP contribution is 2.22. The van der Waals surface area contributed by atoms with Crippen molar-refractivity contribution in [3.8, 4) is 0 Å². The molecule has 0 aliphatic carbocycles. The lowest BCUT2D eigenvalue weighted by molar-refractivity contribution is -0.146. The van der Waals surface area contributed by atoms with Gasteiger partial charge in [-0.2, -0.15) is 0 Å². The topological polar surface area (TPSA) is 72.9 Å². The zero-order valence-electron chi connectivity index (χ0n) is 13.3. The molecule has 6 nitrogen and oxygen atoms in total. The Hall–Kier alpha value is -1.59. The number of amides is 1. The fraction of sp³-hybridized carbons (Fsp3) is 0.800. The van der Waals surface area contributed by atoms with Crippen molar-refractivity contribution in [3.05, 3.63) is 0 Å². The molecule has 1 amide bonds. The van der Waals surface area contributed by atoms with Gasteiger partial charge in [0.25, 0.3) is 0 Å². The Kier molecular flexibility index (Phi) is 6.18. The molecule has 1 rings (SSSR count). The van der Waals surface area contributed by atoms with Gasteiger partial charge in [0.1, 0.15) is 12.0 Å². The molecular formula is C15H25NO5. The van der Waals surface area contributed by atoms with Crippen LogP contribution in [-0.2, 0) is 19.1 Å². The van der Waals surface area contributed by atoms with Crippen LogP contribution in [0.15, 0.2) is 0 Å². The maximum absolute atomic E-state index is 12.2. The van der Waals surface area contributed by atoms with Crippen LogP contribution in [0.2, 0.25) is 0 Å². The van der Waals surface area contributed by atoms with Gasteiger partial charge in [-0.15, -0.1) is 0 Å². The van der Waals surface area contributed by atoms with Crippen LogP contribution in [0.5, 0.6) is 0 Å². The van der Waals surface area contributed by atoms with Crippen molar-refractivity contribution in [3.63, 3.8) is 0 Å². The van der Waals surface area contributed by atoms with Gasteiger partial charge >= 0.3 is 12.1 Å². The lowest BCUT2D eigenvalue weighted by Crippen LogP contribution is -2.50. The standard InChI is InChI=1S/C15H25NO5/c1-5-20-13(18)10-12(17)11-8-6-7-9-16(11)14(19)21-15(2,3)4/h11H,5-10H2,1-4H3. The van der Waals surface area contributed by atoms with E-state index in [9.17, 15) is 14.4 Å². The molecule has 120 valence electrons. The molecule has 0 aromatic rings. The third-order valence-electron chi connectivity index (χ3n) is 3.13. The zero-order chi connectivity index (χ0) is 16.0. The molecule has 0 aromatic heterocycles. The third kappa shape index (κ3) is 5.73. The van der Waals surface area contributed by atoms with E-state index in [1.54, 1.807) is 27.7 Å². The van der Waals surface area contributed by atoms with Crippen molar-refractivity contribution in [2.45, 2.75) is 65.0 Å². The highest BCUT2D eigenvalue weighted by molar-refractivity contribution is 5.99. The summed E-state index contributed by atoms with van der Waals surface area (Å²) < 4.78 is 10.1. The minimum absolute atomic E-state index is 0.243. The van der Waals surface area contributed by atoms with Gasteiger partial charge in [0.15, 0.2) is 5.78 Å². The van der Waals surface area contributed by atoms with Crippen LogP contribution in [0.4, 0.5) is 4.79 Å². The van der Waals surface area contributed by atoms with Gasteiger partial charge in [0.05, 0.1) is 12.6 Å². The van der Waals surface area contributed by atoms with Crippen LogP contribution in [0.1, 0.15) is 53.4 Å². The van der Waals surface area contributed by atoms with E-state index in [1.807, 2.05) is 0 Å². The number of likely N-dealkylation sites (tertiary alicyclic amines) is 1. The normalized spacial score (nSPS) is 19.0. The molecule has 0 spiro atoms. The molecule has 1 unspecified atom stereocenters.